The molecule has 1 aliphatic rings. The number of hydrogen-bond donors (Lipinski definition) is 1. The first kappa shape index (κ1) is 13.1. The first-order valence-electron chi connectivity index (χ1n) is 4.62. The third kappa shape index (κ3) is 3.83. The van der Waals surface area contributed by atoms with Crippen molar-refractivity contribution in [1.82, 2.24) is 0 Å². The first-order valence-corrected chi connectivity index (χ1v) is 6.61. The molecule has 7 heteroatoms. The van der Waals surface area contributed by atoms with Gasteiger partial charge in [-0.3, -0.25) is 4.57 Å². The van der Waals surface area contributed by atoms with Crippen molar-refractivity contribution in [3.05, 3.63) is 0 Å². The van der Waals surface area contributed by atoms with E-state index in [0.717, 1.165) is 0 Å². The number of hydrogen-bond acceptors (Lipinski definition) is 6. The fourth-order valence-electron chi connectivity index (χ4n) is 1.35. The van der Waals surface area contributed by atoms with E-state index in [1.165, 1.54) is 20.9 Å². The van der Waals surface area contributed by atoms with Crippen LogP contribution in [0.5, 0.6) is 0 Å². The van der Waals surface area contributed by atoms with Crippen LogP contribution in [-0.2, 0) is 23.1 Å². The molecule has 0 radical (unpaired) electrons. The largest absolute Gasteiger partial charge is 0.378 e. The van der Waals surface area contributed by atoms with Gasteiger partial charge >= 0.3 is 7.60 Å². The molecule has 0 amide bonds. The van der Waals surface area contributed by atoms with Crippen molar-refractivity contribution in [2.24, 2.45) is 0 Å². The average molecular weight is 240 g/mol. The van der Waals surface area contributed by atoms with Gasteiger partial charge in [-0.2, -0.15) is 0 Å². The molecule has 0 aromatic carbocycles. The van der Waals surface area contributed by atoms with Gasteiger partial charge in [-0.25, -0.2) is 0 Å². The Bertz CT molecular complexity index is 245. The van der Waals surface area contributed by atoms with Crippen molar-refractivity contribution < 1.29 is 28.2 Å². The van der Waals surface area contributed by atoms with Gasteiger partial charge in [0.15, 0.2) is 6.29 Å². The molecule has 1 heterocycles. The van der Waals surface area contributed by atoms with E-state index < -0.39 is 20.0 Å². The van der Waals surface area contributed by atoms with Crippen LogP contribution in [-0.4, -0.2) is 51.1 Å². The van der Waals surface area contributed by atoms with Crippen molar-refractivity contribution in [2.45, 2.75) is 24.9 Å². The lowest BCUT2D eigenvalue weighted by molar-refractivity contribution is -0.107. The van der Waals surface area contributed by atoms with E-state index in [4.69, 9.17) is 14.0 Å². The second-order valence-electron chi connectivity index (χ2n) is 3.39. The van der Waals surface area contributed by atoms with Gasteiger partial charge in [0.25, 0.3) is 0 Å². The van der Waals surface area contributed by atoms with Crippen molar-refractivity contribution in [2.75, 3.05) is 27.5 Å². The van der Waals surface area contributed by atoms with Crippen LogP contribution >= 0.6 is 7.60 Å². The van der Waals surface area contributed by atoms with Crippen LogP contribution in [0.25, 0.3) is 0 Å². The fraction of sp³-hybridized carbons (Fsp3) is 1.00. The zero-order chi connectivity index (χ0) is 11.5. The molecule has 1 fully saturated rings. The Morgan fingerprint density at radius 2 is 2.20 bits per heavy atom. The van der Waals surface area contributed by atoms with Gasteiger partial charge in [0.05, 0.1) is 12.7 Å². The molecule has 4 atom stereocenters. The van der Waals surface area contributed by atoms with Crippen LogP contribution in [0.3, 0.4) is 0 Å². The number of rotatable bonds is 5. The molecule has 3 unspecified atom stereocenters. The van der Waals surface area contributed by atoms with E-state index in [9.17, 15) is 9.67 Å². The predicted octanol–water partition coefficient (Wildman–Crippen LogP) is 0.595. The Hall–Kier alpha value is 0.0300. The highest BCUT2D eigenvalue weighted by Crippen LogP contribution is 2.43. The zero-order valence-corrected chi connectivity index (χ0v) is 9.98. The summed E-state index contributed by atoms with van der Waals surface area (Å²) in [5, 5.41) is 9.23. The van der Waals surface area contributed by atoms with Crippen LogP contribution in [0.15, 0.2) is 0 Å². The van der Waals surface area contributed by atoms with Gasteiger partial charge in [-0.1, -0.05) is 0 Å². The first-order chi connectivity index (χ1) is 6.98. The zero-order valence-electron chi connectivity index (χ0n) is 9.08. The summed E-state index contributed by atoms with van der Waals surface area (Å²) in [4.78, 5) is 0. The molecular weight excluding hydrogens is 223 g/mol. The molecular formula is C8H17O6P. The molecule has 1 N–H and O–H groups in total. The van der Waals surface area contributed by atoms with Crippen LogP contribution in [0.2, 0.25) is 0 Å². The Kier molecular flexibility index (Phi) is 4.70. The molecule has 6 nitrogen and oxygen atoms in total. The predicted molar refractivity (Wildman–Crippen MR) is 52.8 cm³/mol. The second-order valence-corrected chi connectivity index (χ2v) is 5.55. The fourth-order valence-corrected chi connectivity index (χ4v) is 1.87. The third-order valence-corrected chi connectivity index (χ3v) is 3.57. The smallest absolute Gasteiger partial charge is 0.327 e. The van der Waals surface area contributed by atoms with Crippen LogP contribution in [0, 0.1) is 0 Å². The van der Waals surface area contributed by atoms with E-state index >= 15 is 0 Å². The molecule has 15 heavy (non-hydrogen) atoms. The Morgan fingerprint density at radius 3 is 2.73 bits per heavy atom. The Morgan fingerprint density at radius 1 is 1.53 bits per heavy atom. The number of aliphatic hydroxyl groups is 1. The van der Waals surface area contributed by atoms with E-state index in [0.29, 0.717) is 6.42 Å². The van der Waals surface area contributed by atoms with Gasteiger partial charge in [-0.15, -0.1) is 0 Å². The Balaban J connectivity index is 2.41. The SMILES string of the molecule is COC1C[C@H](O)OC1COP(C)(=O)OC. The monoisotopic (exact) mass is 240 g/mol. The molecule has 1 rings (SSSR count). The molecule has 1 aliphatic heterocycles. The second kappa shape index (κ2) is 5.39. The van der Waals surface area contributed by atoms with E-state index in [1.807, 2.05) is 0 Å². The quantitative estimate of drug-likeness (QED) is 0.709. The summed E-state index contributed by atoms with van der Waals surface area (Å²) in [6.45, 7) is 1.46. The van der Waals surface area contributed by atoms with E-state index in [2.05, 4.69) is 4.52 Å². The lowest BCUT2D eigenvalue weighted by Gasteiger charge is -2.18. The van der Waals surface area contributed by atoms with Gasteiger partial charge in [0, 0.05) is 27.3 Å². The number of aliphatic hydroxyl groups excluding tert-OH is 1. The molecule has 0 aliphatic carbocycles. The summed E-state index contributed by atoms with van der Waals surface area (Å²) in [5.74, 6) is 0. The van der Waals surface area contributed by atoms with Gasteiger partial charge in [-0.05, 0) is 0 Å². The summed E-state index contributed by atoms with van der Waals surface area (Å²) in [5.41, 5.74) is 0. The molecule has 0 bridgehead atoms. The minimum Gasteiger partial charge on any atom is -0.378 e. The number of methoxy groups -OCH3 is 1. The summed E-state index contributed by atoms with van der Waals surface area (Å²) < 4.78 is 31.4. The summed E-state index contributed by atoms with van der Waals surface area (Å²) >= 11 is 0. The topological polar surface area (TPSA) is 74.2 Å². The van der Waals surface area contributed by atoms with Gasteiger partial charge in [0.1, 0.15) is 6.10 Å². The highest BCUT2D eigenvalue weighted by Gasteiger charge is 2.35. The van der Waals surface area contributed by atoms with Crippen molar-refractivity contribution >= 4 is 7.60 Å². The Labute approximate surface area is 89.0 Å². The summed E-state index contributed by atoms with van der Waals surface area (Å²) in [7, 11) is -0.153. The van der Waals surface area contributed by atoms with Gasteiger partial charge < -0.3 is 23.6 Å². The lowest BCUT2D eigenvalue weighted by atomic mass is 10.2. The minimum atomic E-state index is -3.00. The molecule has 90 valence electrons. The van der Waals surface area contributed by atoms with Crippen LogP contribution < -0.4 is 0 Å². The molecule has 0 aromatic heterocycles. The maximum absolute atomic E-state index is 11.4. The van der Waals surface area contributed by atoms with E-state index in [1.54, 1.807) is 0 Å². The highest BCUT2D eigenvalue weighted by molar-refractivity contribution is 7.52. The van der Waals surface area contributed by atoms with E-state index in [-0.39, 0.29) is 12.7 Å². The average Bonchev–Trinajstić information content (AvgIpc) is 2.56. The maximum Gasteiger partial charge on any atom is 0.327 e. The van der Waals surface area contributed by atoms with Crippen LogP contribution in [0.1, 0.15) is 6.42 Å². The maximum atomic E-state index is 11.4. The van der Waals surface area contributed by atoms with Gasteiger partial charge in [0.2, 0.25) is 0 Å². The summed E-state index contributed by atoms with van der Waals surface area (Å²) in [6, 6.07) is 0. The lowest BCUT2D eigenvalue weighted by Crippen LogP contribution is -2.27. The standard InChI is InChI=1S/C8H17O6P/c1-11-6-4-8(9)14-7(6)5-13-15(3,10)12-2/h6-9H,4-5H2,1-3H3/t6?,7?,8-,15?/m1/s1. The third-order valence-electron chi connectivity index (χ3n) is 2.29. The highest BCUT2D eigenvalue weighted by atomic mass is 31.2. The molecule has 0 aromatic rings. The molecule has 1 saturated heterocycles. The number of ether oxygens (including phenoxy) is 2. The van der Waals surface area contributed by atoms with Crippen molar-refractivity contribution in [3.63, 3.8) is 0 Å². The molecule has 0 saturated carbocycles. The van der Waals surface area contributed by atoms with Crippen LogP contribution in [0.4, 0.5) is 0 Å². The minimum absolute atomic E-state index is 0.0805. The van der Waals surface area contributed by atoms with Crippen molar-refractivity contribution in [1.29, 1.82) is 0 Å². The van der Waals surface area contributed by atoms with Crippen molar-refractivity contribution in [3.8, 4) is 0 Å². The summed E-state index contributed by atoms with van der Waals surface area (Å²) in [6.07, 6.45) is -1.10. The molecule has 0 spiro atoms. The normalized spacial score (nSPS) is 35.3.